The Bertz CT molecular complexity index is 179. The van der Waals surface area contributed by atoms with Gasteiger partial charge in [0, 0.05) is 6.10 Å². The fourth-order valence-corrected chi connectivity index (χ4v) is 2.57. The molecule has 2 heteroatoms. The van der Waals surface area contributed by atoms with Crippen LogP contribution in [0.25, 0.3) is 0 Å². The van der Waals surface area contributed by atoms with Crippen molar-refractivity contribution in [1.29, 1.82) is 0 Å². The van der Waals surface area contributed by atoms with Crippen LogP contribution in [0.1, 0.15) is 40.5 Å². The summed E-state index contributed by atoms with van der Waals surface area (Å²) in [4.78, 5) is 0. The van der Waals surface area contributed by atoms with Gasteiger partial charge in [0.1, 0.15) is 0 Å². The molecule has 0 bridgehead atoms. The Morgan fingerprint density at radius 3 is 2.21 bits per heavy atom. The second kappa shape index (κ2) is 5.13. The van der Waals surface area contributed by atoms with Crippen molar-refractivity contribution in [3.8, 4) is 0 Å². The Morgan fingerprint density at radius 2 is 1.86 bits per heavy atom. The molecule has 0 amide bonds. The average Bonchev–Trinajstić information content (AvgIpc) is 1.97. The highest BCUT2D eigenvalue weighted by Crippen LogP contribution is 2.37. The van der Waals surface area contributed by atoms with E-state index in [0.29, 0.717) is 11.1 Å². The van der Waals surface area contributed by atoms with Gasteiger partial charge in [-0.1, -0.05) is 26.8 Å². The third-order valence-electron chi connectivity index (χ3n) is 3.08. The second-order valence-electron chi connectivity index (χ2n) is 5.55. The van der Waals surface area contributed by atoms with Gasteiger partial charge in [0.05, 0.1) is 0 Å². The third-order valence-corrected chi connectivity index (χ3v) is 7.68. The van der Waals surface area contributed by atoms with Crippen LogP contribution >= 0.6 is 0 Å². The van der Waals surface area contributed by atoms with Gasteiger partial charge in [-0.25, -0.2) is 0 Å². The van der Waals surface area contributed by atoms with E-state index in [2.05, 4.69) is 47.4 Å². The topological polar surface area (TPSA) is 9.23 Å². The summed E-state index contributed by atoms with van der Waals surface area (Å²) in [5.41, 5.74) is 0. The SMILES string of the molecule is C=CCC[C@H](C)O[Si](C)(C)C(C)(C)C. The maximum atomic E-state index is 6.20. The second-order valence-corrected chi connectivity index (χ2v) is 10.3. The summed E-state index contributed by atoms with van der Waals surface area (Å²) in [5.74, 6) is 0. The molecule has 0 N–H and O–H groups in total. The van der Waals surface area contributed by atoms with E-state index in [0.717, 1.165) is 12.8 Å². The highest BCUT2D eigenvalue weighted by molar-refractivity contribution is 6.74. The minimum Gasteiger partial charge on any atom is -0.414 e. The Kier molecular flexibility index (Phi) is 5.10. The van der Waals surface area contributed by atoms with Crippen LogP contribution in [-0.4, -0.2) is 14.4 Å². The average molecular weight is 214 g/mol. The standard InChI is InChI=1S/C12H26OSi/c1-8-9-10-11(2)13-14(6,7)12(3,4)5/h8,11H,1,9-10H2,2-7H3/t11-/m0/s1. The molecule has 0 rings (SSSR count). The van der Waals surface area contributed by atoms with Gasteiger partial charge in [-0.05, 0) is 37.9 Å². The molecular formula is C12H26OSi. The van der Waals surface area contributed by atoms with Crippen LogP contribution in [0, 0.1) is 0 Å². The smallest absolute Gasteiger partial charge is 0.192 e. The first-order valence-electron chi connectivity index (χ1n) is 5.49. The summed E-state index contributed by atoms with van der Waals surface area (Å²) >= 11 is 0. The molecule has 0 aliphatic rings. The molecule has 0 unspecified atom stereocenters. The summed E-state index contributed by atoms with van der Waals surface area (Å²) in [6.07, 6.45) is 4.48. The zero-order chi connectivity index (χ0) is 11.4. The summed E-state index contributed by atoms with van der Waals surface area (Å²) in [6.45, 7) is 17.3. The molecule has 0 aromatic rings. The van der Waals surface area contributed by atoms with Crippen molar-refractivity contribution in [3.63, 3.8) is 0 Å². The van der Waals surface area contributed by atoms with Crippen LogP contribution in [-0.2, 0) is 4.43 Å². The van der Waals surface area contributed by atoms with Crippen molar-refractivity contribution in [3.05, 3.63) is 12.7 Å². The van der Waals surface area contributed by atoms with E-state index in [-0.39, 0.29) is 0 Å². The van der Waals surface area contributed by atoms with Crippen molar-refractivity contribution < 1.29 is 4.43 Å². The van der Waals surface area contributed by atoms with Gasteiger partial charge < -0.3 is 4.43 Å². The Morgan fingerprint density at radius 1 is 1.36 bits per heavy atom. The summed E-state index contributed by atoms with van der Waals surface area (Å²) < 4.78 is 6.20. The molecular weight excluding hydrogens is 188 g/mol. The van der Waals surface area contributed by atoms with E-state index in [4.69, 9.17) is 4.43 Å². The fraction of sp³-hybridized carbons (Fsp3) is 0.833. The van der Waals surface area contributed by atoms with Crippen LogP contribution in [0.5, 0.6) is 0 Å². The number of hydrogen-bond acceptors (Lipinski definition) is 1. The zero-order valence-electron chi connectivity index (χ0n) is 10.7. The largest absolute Gasteiger partial charge is 0.414 e. The monoisotopic (exact) mass is 214 g/mol. The van der Waals surface area contributed by atoms with Crippen molar-refractivity contribution in [2.75, 3.05) is 0 Å². The van der Waals surface area contributed by atoms with Crippen LogP contribution in [0.15, 0.2) is 12.7 Å². The Balaban J connectivity index is 4.15. The molecule has 1 nitrogen and oxygen atoms in total. The van der Waals surface area contributed by atoms with Crippen LogP contribution in [0.3, 0.4) is 0 Å². The highest BCUT2D eigenvalue weighted by atomic mass is 28.4. The summed E-state index contributed by atoms with van der Waals surface area (Å²) in [6, 6.07) is 0. The Labute approximate surface area is 90.7 Å². The lowest BCUT2D eigenvalue weighted by Crippen LogP contribution is -2.43. The zero-order valence-corrected chi connectivity index (χ0v) is 11.7. The van der Waals surface area contributed by atoms with E-state index < -0.39 is 8.32 Å². The highest BCUT2D eigenvalue weighted by Gasteiger charge is 2.38. The first-order valence-corrected chi connectivity index (χ1v) is 8.40. The van der Waals surface area contributed by atoms with Crippen molar-refractivity contribution in [1.82, 2.24) is 0 Å². The normalized spacial score (nSPS) is 15.3. The van der Waals surface area contributed by atoms with Gasteiger partial charge in [-0.3, -0.25) is 0 Å². The van der Waals surface area contributed by atoms with Crippen LogP contribution < -0.4 is 0 Å². The molecule has 0 fully saturated rings. The van der Waals surface area contributed by atoms with E-state index in [1.807, 2.05) is 6.08 Å². The van der Waals surface area contributed by atoms with Gasteiger partial charge in [-0.2, -0.15) is 0 Å². The molecule has 0 aliphatic heterocycles. The fourth-order valence-electron chi connectivity index (χ4n) is 1.09. The first kappa shape index (κ1) is 13.9. The molecule has 0 aromatic carbocycles. The molecule has 0 aromatic heterocycles. The molecule has 14 heavy (non-hydrogen) atoms. The summed E-state index contributed by atoms with van der Waals surface area (Å²) in [5, 5.41) is 0.315. The maximum absolute atomic E-state index is 6.20. The van der Waals surface area contributed by atoms with E-state index in [1.165, 1.54) is 0 Å². The van der Waals surface area contributed by atoms with Crippen molar-refractivity contribution in [2.24, 2.45) is 0 Å². The predicted octanol–water partition coefficient (Wildman–Crippen LogP) is 4.36. The predicted molar refractivity (Wildman–Crippen MR) is 67.2 cm³/mol. The van der Waals surface area contributed by atoms with E-state index >= 15 is 0 Å². The molecule has 0 saturated carbocycles. The van der Waals surface area contributed by atoms with Crippen LogP contribution in [0.4, 0.5) is 0 Å². The van der Waals surface area contributed by atoms with Gasteiger partial charge in [0.2, 0.25) is 0 Å². The molecule has 0 radical (unpaired) electrons. The lowest BCUT2D eigenvalue weighted by molar-refractivity contribution is 0.190. The van der Waals surface area contributed by atoms with Gasteiger partial charge in [0.25, 0.3) is 0 Å². The van der Waals surface area contributed by atoms with Crippen molar-refractivity contribution in [2.45, 2.75) is 64.8 Å². The molecule has 0 saturated heterocycles. The quantitative estimate of drug-likeness (QED) is 0.488. The molecule has 84 valence electrons. The van der Waals surface area contributed by atoms with E-state index in [9.17, 15) is 0 Å². The molecule has 1 atom stereocenters. The molecule has 0 heterocycles. The van der Waals surface area contributed by atoms with Gasteiger partial charge in [0.15, 0.2) is 8.32 Å². The Hall–Kier alpha value is -0.0831. The van der Waals surface area contributed by atoms with E-state index in [1.54, 1.807) is 0 Å². The lowest BCUT2D eigenvalue weighted by atomic mass is 10.2. The first-order chi connectivity index (χ1) is 6.20. The van der Waals surface area contributed by atoms with Gasteiger partial charge in [-0.15, -0.1) is 6.58 Å². The number of rotatable bonds is 5. The minimum absolute atomic E-state index is 0.315. The third kappa shape index (κ3) is 4.42. The maximum Gasteiger partial charge on any atom is 0.192 e. The minimum atomic E-state index is -1.55. The number of allylic oxidation sites excluding steroid dienone is 1. The number of hydrogen-bond donors (Lipinski definition) is 0. The molecule has 0 spiro atoms. The lowest BCUT2D eigenvalue weighted by Gasteiger charge is -2.38. The molecule has 0 aliphatic carbocycles. The van der Waals surface area contributed by atoms with Crippen molar-refractivity contribution >= 4 is 8.32 Å². The van der Waals surface area contributed by atoms with Gasteiger partial charge >= 0.3 is 0 Å². The summed E-state index contributed by atoms with van der Waals surface area (Å²) in [7, 11) is -1.55. The van der Waals surface area contributed by atoms with Crippen LogP contribution in [0.2, 0.25) is 18.1 Å².